The molecule has 3 aromatic rings. The molecule has 0 saturated carbocycles. The number of primary amides is 1. The molecular formula is C19H22N8O3. The fourth-order valence-corrected chi connectivity index (χ4v) is 3.40. The van der Waals surface area contributed by atoms with Gasteiger partial charge in [0.25, 0.3) is 0 Å². The summed E-state index contributed by atoms with van der Waals surface area (Å²) in [6.45, 7) is 2.08. The summed E-state index contributed by atoms with van der Waals surface area (Å²) in [5.74, 6) is 1.91. The van der Waals surface area contributed by atoms with E-state index >= 15 is 0 Å². The van der Waals surface area contributed by atoms with Crippen LogP contribution in [0.2, 0.25) is 0 Å². The van der Waals surface area contributed by atoms with E-state index in [4.69, 9.17) is 25.9 Å². The van der Waals surface area contributed by atoms with Crippen molar-refractivity contribution in [2.45, 2.75) is 0 Å². The Balaban J connectivity index is 1.75. The van der Waals surface area contributed by atoms with E-state index in [-0.39, 0.29) is 5.95 Å². The lowest BCUT2D eigenvalue weighted by Crippen LogP contribution is -2.50. The first-order valence-corrected chi connectivity index (χ1v) is 9.32. The molecule has 1 aliphatic rings. The SMILES string of the molecule is COc1ccc(-c2cnc3nc(N)nc(N4CCN(C(N)=O)CC4)c3n2)cc1OC. The van der Waals surface area contributed by atoms with Crippen LogP contribution in [-0.4, -0.2) is 71.3 Å². The van der Waals surface area contributed by atoms with E-state index in [0.717, 1.165) is 5.56 Å². The number of hydrogen-bond donors (Lipinski definition) is 2. The number of anilines is 2. The summed E-state index contributed by atoms with van der Waals surface area (Å²) in [4.78, 5) is 32.8. The number of benzene rings is 1. The van der Waals surface area contributed by atoms with Crippen LogP contribution in [0.3, 0.4) is 0 Å². The lowest BCUT2D eigenvalue weighted by atomic mass is 10.1. The smallest absolute Gasteiger partial charge is 0.314 e. The van der Waals surface area contributed by atoms with Crippen LogP contribution in [0.1, 0.15) is 0 Å². The van der Waals surface area contributed by atoms with Crippen molar-refractivity contribution >= 4 is 29.0 Å². The van der Waals surface area contributed by atoms with Crippen LogP contribution in [0, 0.1) is 0 Å². The molecule has 3 heterocycles. The molecule has 0 aliphatic carbocycles. The number of carbonyl (C=O) groups is 1. The van der Waals surface area contributed by atoms with Crippen molar-refractivity contribution in [3.63, 3.8) is 0 Å². The Labute approximate surface area is 172 Å². The lowest BCUT2D eigenvalue weighted by Gasteiger charge is -2.34. The van der Waals surface area contributed by atoms with Gasteiger partial charge in [-0.3, -0.25) is 0 Å². The quantitative estimate of drug-likeness (QED) is 0.640. The number of fused-ring (bicyclic) bond motifs is 1. The summed E-state index contributed by atoms with van der Waals surface area (Å²) in [6, 6.07) is 5.08. The standard InChI is InChI=1S/C19H22N8O3/c1-29-13-4-3-11(9-14(13)30-2)12-10-22-16-15(23-12)17(25-18(20)24-16)26-5-7-27(8-6-26)19(21)28/h3-4,9-10H,5-8H2,1-2H3,(H2,21,28)(H2,20,22,24,25). The molecule has 0 bridgehead atoms. The van der Waals surface area contributed by atoms with E-state index in [1.54, 1.807) is 25.3 Å². The van der Waals surface area contributed by atoms with Crippen molar-refractivity contribution in [3.05, 3.63) is 24.4 Å². The first-order chi connectivity index (χ1) is 14.5. The third-order valence-electron chi connectivity index (χ3n) is 4.98. The lowest BCUT2D eigenvalue weighted by molar-refractivity contribution is 0.204. The molecule has 2 amide bonds. The maximum Gasteiger partial charge on any atom is 0.314 e. The third-order valence-corrected chi connectivity index (χ3v) is 4.98. The van der Waals surface area contributed by atoms with Gasteiger partial charge in [0.2, 0.25) is 5.95 Å². The van der Waals surface area contributed by atoms with Crippen LogP contribution in [0.15, 0.2) is 24.4 Å². The Morgan fingerprint density at radius 2 is 1.77 bits per heavy atom. The summed E-state index contributed by atoms with van der Waals surface area (Å²) >= 11 is 0. The molecule has 0 atom stereocenters. The Hall–Kier alpha value is -3.89. The zero-order valence-corrected chi connectivity index (χ0v) is 16.7. The Morgan fingerprint density at radius 3 is 2.43 bits per heavy atom. The molecule has 2 aromatic heterocycles. The van der Waals surface area contributed by atoms with Crippen molar-refractivity contribution in [3.8, 4) is 22.8 Å². The minimum atomic E-state index is -0.433. The molecular weight excluding hydrogens is 388 g/mol. The number of urea groups is 1. The molecule has 1 aromatic carbocycles. The monoisotopic (exact) mass is 410 g/mol. The van der Waals surface area contributed by atoms with Crippen LogP contribution < -0.4 is 25.8 Å². The van der Waals surface area contributed by atoms with Gasteiger partial charge < -0.3 is 30.7 Å². The highest BCUT2D eigenvalue weighted by Crippen LogP contribution is 2.32. The molecule has 11 heteroatoms. The van der Waals surface area contributed by atoms with Crippen LogP contribution in [-0.2, 0) is 0 Å². The summed E-state index contributed by atoms with van der Waals surface area (Å²) in [6.07, 6.45) is 1.63. The fourth-order valence-electron chi connectivity index (χ4n) is 3.40. The Kier molecular flexibility index (Phi) is 5.09. The second-order valence-electron chi connectivity index (χ2n) is 6.71. The average Bonchev–Trinajstić information content (AvgIpc) is 2.77. The van der Waals surface area contributed by atoms with Gasteiger partial charge in [-0.05, 0) is 18.2 Å². The van der Waals surface area contributed by atoms with Crippen molar-refractivity contribution in [1.29, 1.82) is 0 Å². The molecule has 4 N–H and O–H groups in total. The van der Waals surface area contributed by atoms with Gasteiger partial charge in [-0.1, -0.05) is 0 Å². The van der Waals surface area contributed by atoms with Crippen LogP contribution in [0.4, 0.5) is 16.6 Å². The molecule has 30 heavy (non-hydrogen) atoms. The highest BCUT2D eigenvalue weighted by atomic mass is 16.5. The first-order valence-electron chi connectivity index (χ1n) is 9.32. The van der Waals surface area contributed by atoms with Crippen LogP contribution in [0.5, 0.6) is 11.5 Å². The molecule has 1 aliphatic heterocycles. The summed E-state index contributed by atoms with van der Waals surface area (Å²) in [5.41, 5.74) is 13.6. The van der Waals surface area contributed by atoms with E-state index in [2.05, 4.69) is 15.0 Å². The topological polar surface area (TPSA) is 146 Å². The summed E-state index contributed by atoms with van der Waals surface area (Å²) in [5, 5.41) is 0. The number of hydrogen-bond acceptors (Lipinski definition) is 9. The minimum Gasteiger partial charge on any atom is -0.493 e. The number of nitrogens with two attached hydrogens (primary N) is 2. The predicted molar refractivity (Wildman–Crippen MR) is 111 cm³/mol. The van der Waals surface area contributed by atoms with Gasteiger partial charge in [0.05, 0.1) is 26.1 Å². The fraction of sp³-hybridized carbons (Fsp3) is 0.316. The summed E-state index contributed by atoms with van der Waals surface area (Å²) < 4.78 is 10.7. The number of carbonyl (C=O) groups excluding carboxylic acids is 1. The molecule has 1 saturated heterocycles. The number of nitrogen functional groups attached to an aromatic ring is 1. The molecule has 1 fully saturated rings. The number of piperazine rings is 1. The van der Waals surface area contributed by atoms with Gasteiger partial charge in [0.1, 0.15) is 0 Å². The maximum atomic E-state index is 11.4. The average molecular weight is 410 g/mol. The molecule has 0 spiro atoms. The molecule has 0 unspecified atom stereocenters. The number of ether oxygens (including phenoxy) is 2. The largest absolute Gasteiger partial charge is 0.493 e. The number of nitrogens with zero attached hydrogens (tertiary/aromatic N) is 6. The number of aromatic nitrogens is 4. The number of amides is 2. The van der Waals surface area contributed by atoms with Crippen molar-refractivity contribution in [1.82, 2.24) is 24.8 Å². The number of rotatable bonds is 4. The van der Waals surface area contributed by atoms with Gasteiger partial charge in [0.15, 0.2) is 28.5 Å². The molecule has 4 rings (SSSR count). The van der Waals surface area contributed by atoms with E-state index in [1.165, 1.54) is 0 Å². The number of methoxy groups -OCH3 is 2. The first kappa shape index (κ1) is 19.4. The Bertz CT molecular complexity index is 1100. The van der Waals surface area contributed by atoms with Crippen LogP contribution >= 0.6 is 0 Å². The van der Waals surface area contributed by atoms with E-state index < -0.39 is 6.03 Å². The zero-order chi connectivity index (χ0) is 21.3. The zero-order valence-electron chi connectivity index (χ0n) is 16.7. The molecule has 0 radical (unpaired) electrons. The second-order valence-corrected chi connectivity index (χ2v) is 6.71. The van der Waals surface area contributed by atoms with E-state index in [0.29, 0.717) is 60.4 Å². The normalized spacial score (nSPS) is 14.1. The van der Waals surface area contributed by atoms with E-state index in [9.17, 15) is 4.79 Å². The maximum absolute atomic E-state index is 11.4. The third kappa shape index (κ3) is 3.56. The van der Waals surface area contributed by atoms with Crippen molar-refractivity contribution in [2.75, 3.05) is 51.0 Å². The van der Waals surface area contributed by atoms with Gasteiger partial charge in [-0.25, -0.2) is 14.8 Å². The Morgan fingerprint density at radius 1 is 1.03 bits per heavy atom. The highest BCUT2D eigenvalue weighted by Gasteiger charge is 2.23. The molecule has 11 nitrogen and oxygen atoms in total. The summed E-state index contributed by atoms with van der Waals surface area (Å²) in [7, 11) is 3.16. The van der Waals surface area contributed by atoms with Gasteiger partial charge >= 0.3 is 6.03 Å². The second kappa shape index (κ2) is 7.85. The van der Waals surface area contributed by atoms with Gasteiger partial charge in [0, 0.05) is 31.7 Å². The van der Waals surface area contributed by atoms with Crippen molar-refractivity contribution in [2.24, 2.45) is 5.73 Å². The van der Waals surface area contributed by atoms with E-state index in [1.807, 2.05) is 23.1 Å². The predicted octanol–water partition coefficient (Wildman–Crippen LogP) is 0.887. The van der Waals surface area contributed by atoms with Crippen LogP contribution in [0.25, 0.3) is 22.4 Å². The highest BCUT2D eigenvalue weighted by molar-refractivity contribution is 5.86. The van der Waals surface area contributed by atoms with Gasteiger partial charge in [-0.15, -0.1) is 0 Å². The molecule has 156 valence electrons. The minimum absolute atomic E-state index is 0.114. The van der Waals surface area contributed by atoms with Crippen molar-refractivity contribution < 1.29 is 14.3 Å². The van der Waals surface area contributed by atoms with Gasteiger partial charge in [-0.2, -0.15) is 9.97 Å².